The minimum absolute atomic E-state index is 0.0177. The maximum atomic E-state index is 12.5. The van der Waals surface area contributed by atoms with Crippen LogP contribution in [0.1, 0.15) is 41.6 Å². The molecular weight excluding hydrogens is 388 g/mol. The quantitative estimate of drug-likeness (QED) is 0.712. The van der Waals surface area contributed by atoms with Gasteiger partial charge in [-0.15, -0.1) is 0 Å². The monoisotopic (exact) mass is 416 g/mol. The van der Waals surface area contributed by atoms with Crippen molar-refractivity contribution >= 4 is 23.2 Å². The number of hydrogen-bond donors (Lipinski definition) is 1. The fraction of sp³-hybridized carbons (Fsp3) is 0.455. The number of carbonyl (C=O) groups excluding carboxylic acids is 2. The highest BCUT2D eigenvalue weighted by Gasteiger charge is 2.25. The van der Waals surface area contributed by atoms with Crippen LogP contribution in [0.4, 0.5) is 0 Å². The number of likely N-dealkylation sites (tertiary alicyclic amines) is 1. The van der Waals surface area contributed by atoms with Gasteiger partial charge in [0, 0.05) is 43.1 Å². The van der Waals surface area contributed by atoms with Gasteiger partial charge in [-0.25, -0.2) is 0 Å². The lowest BCUT2D eigenvalue weighted by molar-refractivity contribution is -0.121. The average molecular weight is 417 g/mol. The third kappa shape index (κ3) is 5.73. The van der Waals surface area contributed by atoms with Crippen LogP contribution < -0.4 is 14.8 Å². The molecule has 0 spiro atoms. The van der Waals surface area contributed by atoms with Crippen LogP contribution in [0.15, 0.2) is 35.0 Å². The van der Waals surface area contributed by atoms with E-state index in [4.69, 9.17) is 9.47 Å². The van der Waals surface area contributed by atoms with E-state index in [1.165, 1.54) is 11.3 Å². The standard InChI is InChI=1S/C22H28N2O4S/c1-27-19-7-6-17(20(12-19)28-2)13-23-21(25)8-5-16-4-3-10-24(14-16)22(26)18-9-11-29-15-18/h6-7,9,11-12,15-16H,3-5,8,10,13-14H2,1-2H3,(H,23,25)/t16-/m0/s1. The second kappa shape index (κ2) is 10.3. The number of methoxy groups -OCH3 is 2. The van der Waals surface area contributed by atoms with Gasteiger partial charge in [-0.05, 0) is 48.8 Å². The van der Waals surface area contributed by atoms with E-state index in [-0.39, 0.29) is 11.8 Å². The third-order valence-electron chi connectivity index (χ3n) is 5.32. The molecule has 0 unspecified atom stereocenters. The molecule has 0 bridgehead atoms. The second-order valence-electron chi connectivity index (χ2n) is 7.26. The number of nitrogens with zero attached hydrogens (tertiary/aromatic N) is 1. The zero-order chi connectivity index (χ0) is 20.6. The molecule has 1 aromatic heterocycles. The van der Waals surface area contributed by atoms with Gasteiger partial charge in [-0.2, -0.15) is 11.3 Å². The molecule has 0 radical (unpaired) electrons. The molecule has 2 aromatic rings. The van der Waals surface area contributed by atoms with Gasteiger partial charge in [0.25, 0.3) is 5.91 Å². The highest BCUT2D eigenvalue weighted by molar-refractivity contribution is 7.08. The number of amides is 2. The fourth-order valence-corrected chi connectivity index (χ4v) is 4.30. The summed E-state index contributed by atoms with van der Waals surface area (Å²) in [6.07, 6.45) is 3.31. The molecule has 1 aromatic carbocycles. The number of carbonyl (C=O) groups is 2. The number of ether oxygens (including phenoxy) is 2. The average Bonchev–Trinajstić information content (AvgIpc) is 3.30. The van der Waals surface area contributed by atoms with Gasteiger partial charge in [0.15, 0.2) is 0 Å². The van der Waals surface area contributed by atoms with Crippen LogP contribution in [0.2, 0.25) is 0 Å². The molecule has 2 amide bonds. The highest BCUT2D eigenvalue weighted by atomic mass is 32.1. The molecule has 3 rings (SSSR count). The van der Waals surface area contributed by atoms with Crippen LogP contribution in [0, 0.1) is 5.92 Å². The van der Waals surface area contributed by atoms with E-state index in [0.29, 0.717) is 24.6 Å². The van der Waals surface area contributed by atoms with Gasteiger partial charge in [-0.3, -0.25) is 9.59 Å². The normalized spacial score (nSPS) is 16.3. The lowest BCUT2D eigenvalue weighted by atomic mass is 9.93. The number of hydrogen-bond acceptors (Lipinski definition) is 5. The molecule has 1 N–H and O–H groups in total. The maximum Gasteiger partial charge on any atom is 0.254 e. The molecule has 1 saturated heterocycles. The zero-order valence-electron chi connectivity index (χ0n) is 17.0. The van der Waals surface area contributed by atoms with Crippen molar-refractivity contribution in [1.82, 2.24) is 10.2 Å². The second-order valence-corrected chi connectivity index (χ2v) is 8.04. The first kappa shape index (κ1) is 21.2. The third-order valence-corrected chi connectivity index (χ3v) is 6.01. The Hall–Kier alpha value is -2.54. The van der Waals surface area contributed by atoms with Crippen molar-refractivity contribution < 1.29 is 19.1 Å². The topological polar surface area (TPSA) is 67.9 Å². The van der Waals surface area contributed by atoms with Crippen molar-refractivity contribution in [3.63, 3.8) is 0 Å². The van der Waals surface area contributed by atoms with E-state index >= 15 is 0 Å². The molecule has 0 aliphatic carbocycles. The predicted octanol–water partition coefficient (Wildman–Crippen LogP) is 3.71. The van der Waals surface area contributed by atoms with Gasteiger partial charge in [0.05, 0.1) is 19.8 Å². The highest BCUT2D eigenvalue weighted by Crippen LogP contribution is 2.25. The van der Waals surface area contributed by atoms with Crippen LogP contribution in [0.25, 0.3) is 0 Å². The smallest absolute Gasteiger partial charge is 0.254 e. The van der Waals surface area contributed by atoms with Crippen LogP contribution in [0.5, 0.6) is 11.5 Å². The van der Waals surface area contributed by atoms with Crippen LogP contribution in [-0.2, 0) is 11.3 Å². The summed E-state index contributed by atoms with van der Waals surface area (Å²) < 4.78 is 10.6. The Morgan fingerprint density at radius 2 is 2.10 bits per heavy atom. The van der Waals surface area contributed by atoms with Gasteiger partial charge in [0.1, 0.15) is 11.5 Å². The Kier molecular flexibility index (Phi) is 7.52. The first-order chi connectivity index (χ1) is 14.1. The first-order valence-corrected chi connectivity index (χ1v) is 10.8. The van der Waals surface area contributed by atoms with E-state index in [9.17, 15) is 9.59 Å². The maximum absolute atomic E-state index is 12.5. The van der Waals surface area contributed by atoms with Crippen molar-refractivity contribution in [3.05, 3.63) is 46.2 Å². The molecule has 1 atom stereocenters. The number of piperidine rings is 1. The first-order valence-electron chi connectivity index (χ1n) is 9.89. The summed E-state index contributed by atoms with van der Waals surface area (Å²) in [5, 5.41) is 6.79. The van der Waals surface area contributed by atoms with E-state index in [0.717, 1.165) is 49.2 Å². The van der Waals surface area contributed by atoms with Gasteiger partial charge in [-0.1, -0.05) is 0 Å². The van der Waals surface area contributed by atoms with E-state index < -0.39 is 0 Å². The Labute approximate surface area is 175 Å². The van der Waals surface area contributed by atoms with Crippen molar-refractivity contribution in [3.8, 4) is 11.5 Å². The molecule has 2 heterocycles. The molecule has 1 fully saturated rings. The molecule has 1 aliphatic rings. The minimum Gasteiger partial charge on any atom is -0.497 e. The zero-order valence-corrected chi connectivity index (χ0v) is 17.8. The summed E-state index contributed by atoms with van der Waals surface area (Å²) >= 11 is 1.54. The summed E-state index contributed by atoms with van der Waals surface area (Å²) in [5.41, 5.74) is 1.67. The number of thiophene rings is 1. The van der Waals surface area contributed by atoms with Gasteiger partial charge in [0.2, 0.25) is 5.91 Å². The van der Waals surface area contributed by atoms with Crippen molar-refractivity contribution in [2.24, 2.45) is 5.92 Å². The SMILES string of the molecule is COc1ccc(CNC(=O)CC[C@@H]2CCCN(C(=O)c3ccsc3)C2)c(OC)c1. The summed E-state index contributed by atoms with van der Waals surface area (Å²) in [6, 6.07) is 7.43. The Morgan fingerprint density at radius 3 is 2.83 bits per heavy atom. The number of rotatable bonds is 8. The van der Waals surface area contributed by atoms with Crippen molar-refractivity contribution in [2.45, 2.75) is 32.2 Å². The fourth-order valence-electron chi connectivity index (χ4n) is 3.67. The molecule has 29 heavy (non-hydrogen) atoms. The summed E-state index contributed by atoms with van der Waals surface area (Å²) in [5.74, 6) is 1.90. The Balaban J connectivity index is 1.45. The van der Waals surface area contributed by atoms with Crippen molar-refractivity contribution in [2.75, 3.05) is 27.3 Å². The molecule has 0 saturated carbocycles. The van der Waals surface area contributed by atoms with Gasteiger partial charge >= 0.3 is 0 Å². The van der Waals surface area contributed by atoms with E-state index in [1.54, 1.807) is 14.2 Å². The number of nitrogens with one attached hydrogen (secondary N) is 1. The molecule has 1 aliphatic heterocycles. The molecule has 156 valence electrons. The van der Waals surface area contributed by atoms with Crippen LogP contribution >= 0.6 is 11.3 Å². The van der Waals surface area contributed by atoms with Crippen LogP contribution in [0.3, 0.4) is 0 Å². The summed E-state index contributed by atoms with van der Waals surface area (Å²) in [7, 11) is 3.21. The predicted molar refractivity (Wildman–Crippen MR) is 114 cm³/mol. The number of benzene rings is 1. The lowest BCUT2D eigenvalue weighted by Gasteiger charge is -2.32. The van der Waals surface area contributed by atoms with Crippen molar-refractivity contribution in [1.29, 1.82) is 0 Å². The van der Waals surface area contributed by atoms with E-state index in [1.807, 2.05) is 39.9 Å². The minimum atomic E-state index is 0.0177. The molecule has 7 heteroatoms. The lowest BCUT2D eigenvalue weighted by Crippen LogP contribution is -2.40. The Bertz CT molecular complexity index is 822. The van der Waals surface area contributed by atoms with Gasteiger partial charge < -0.3 is 19.7 Å². The van der Waals surface area contributed by atoms with Crippen LogP contribution in [-0.4, -0.2) is 44.0 Å². The molecule has 6 nitrogen and oxygen atoms in total. The largest absolute Gasteiger partial charge is 0.497 e. The molecular formula is C22H28N2O4S. The Morgan fingerprint density at radius 1 is 1.24 bits per heavy atom. The summed E-state index contributed by atoms with van der Waals surface area (Å²) in [6.45, 7) is 1.95. The summed E-state index contributed by atoms with van der Waals surface area (Å²) in [4.78, 5) is 26.8. The van der Waals surface area contributed by atoms with E-state index in [2.05, 4.69) is 5.32 Å².